The summed E-state index contributed by atoms with van der Waals surface area (Å²) in [7, 11) is 0. The molecule has 0 aliphatic rings. The van der Waals surface area contributed by atoms with Crippen LogP contribution in [-0.2, 0) is 6.54 Å². The van der Waals surface area contributed by atoms with E-state index in [1.807, 2.05) is 18.2 Å². The standard InChI is InChI=1S/C21H16Cl2N4O2/c1-13-4-2-3-5-14(13)11-27-12-16(10-24-27)25-21(28)19-9-20(29-26-19)17-7-6-15(22)8-18(17)23/h2-10,12H,11H2,1H3,(H,25,28). The summed E-state index contributed by atoms with van der Waals surface area (Å²) in [6.07, 6.45) is 3.36. The number of carbonyl (C=O) groups is 1. The van der Waals surface area contributed by atoms with Crippen molar-refractivity contribution in [1.82, 2.24) is 14.9 Å². The Morgan fingerprint density at radius 3 is 2.79 bits per heavy atom. The van der Waals surface area contributed by atoms with Gasteiger partial charge in [0.2, 0.25) is 0 Å². The number of aryl methyl sites for hydroxylation is 1. The molecule has 2 aromatic carbocycles. The highest BCUT2D eigenvalue weighted by molar-refractivity contribution is 6.36. The van der Waals surface area contributed by atoms with Gasteiger partial charge >= 0.3 is 0 Å². The number of hydrogen-bond acceptors (Lipinski definition) is 4. The van der Waals surface area contributed by atoms with Crippen LogP contribution in [0.15, 0.2) is 65.4 Å². The van der Waals surface area contributed by atoms with E-state index in [0.717, 1.165) is 5.56 Å². The van der Waals surface area contributed by atoms with Crippen molar-refractivity contribution in [3.63, 3.8) is 0 Å². The molecule has 2 aromatic heterocycles. The van der Waals surface area contributed by atoms with Crippen molar-refractivity contribution in [2.45, 2.75) is 13.5 Å². The Morgan fingerprint density at radius 2 is 2.00 bits per heavy atom. The highest BCUT2D eigenvalue weighted by Crippen LogP contribution is 2.30. The normalized spacial score (nSPS) is 10.9. The highest BCUT2D eigenvalue weighted by Gasteiger charge is 2.16. The molecule has 0 aliphatic heterocycles. The molecule has 0 radical (unpaired) electrons. The summed E-state index contributed by atoms with van der Waals surface area (Å²) in [5.74, 6) is -0.0207. The van der Waals surface area contributed by atoms with Gasteiger partial charge < -0.3 is 9.84 Å². The van der Waals surface area contributed by atoms with Gasteiger partial charge in [0.1, 0.15) is 0 Å². The van der Waals surface area contributed by atoms with Crippen LogP contribution < -0.4 is 5.32 Å². The number of amides is 1. The molecule has 0 saturated heterocycles. The van der Waals surface area contributed by atoms with Crippen LogP contribution in [0.5, 0.6) is 0 Å². The van der Waals surface area contributed by atoms with E-state index >= 15 is 0 Å². The Balaban J connectivity index is 1.46. The van der Waals surface area contributed by atoms with Crippen LogP contribution in [0.1, 0.15) is 21.6 Å². The van der Waals surface area contributed by atoms with Crippen molar-refractivity contribution in [3.8, 4) is 11.3 Å². The smallest absolute Gasteiger partial charge is 0.277 e. The average Bonchev–Trinajstić information content (AvgIpc) is 3.33. The third kappa shape index (κ3) is 4.34. The molecular formula is C21H16Cl2N4O2. The average molecular weight is 427 g/mol. The van der Waals surface area contributed by atoms with Gasteiger partial charge in [0.25, 0.3) is 5.91 Å². The zero-order valence-corrected chi connectivity index (χ0v) is 16.9. The number of halogens is 2. The molecule has 1 N–H and O–H groups in total. The van der Waals surface area contributed by atoms with Crippen molar-refractivity contribution >= 4 is 34.8 Å². The van der Waals surface area contributed by atoms with E-state index in [9.17, 15) is 4.79 Å². The largest absolute Gasteiger partial charge is 0.355 e. The maximum Gasteiger partial charge on any atom is 0.277 e. The molecule has 146 valence electrons. The summed E-state index contributed by atoms with van der Waals surface area (Å²) in [4.78, 5) is 12.5. The van der Waals surface area contributed by atoms with Gasteiger partial charge in [-0.25, -0.2) is 0 Å². The third-order valence-electron chi connectivity index (χ3n) is 4.42. The van der Waals surface area contributed by atoms with Gasteiger partial charge in [-0.3, -0.25) is 9.48 Å². The minimum Gasteiger partial charge on any atom is -0.355 e. The molecule has 0 bridgehead atoms. The number of hydrogen-bond donors (Lipinski definition) is 1. The molecule has 2 heterocycles. The Morgan fingerprint density at radius 1 is 1.17 bits per heavy atom. The molecule has 29 heavy (non-hydrogen) atoms. The maximum atomic E-state index is 12.5. The summed E-state index contributed by atoms with van der Waals surface area (Å²) in [6.45, 7) is 2.67. The molecule has 0 spiro atoms. The molecule has 0 atom stereocenters. The van der Waals surface area contributed by atoms with Gasteiger partial charge in [0.05, 0.1) is 23.5 Å². The number of benzene rings is 2. The van der Waals surface area contributed by atoms with Crippen LogP contribution in [0.4, 0.5) is 5.69 Å². The Kier molecular flexibility index (Phi) is 5.38. The molecule has 4 rings (SSSR count). The summed E-state index contributed by atoms with van der Waals surface area (Å²) < 4.78 is 7.03. The number of nitrogens with zero attached hydrogens (tertiary/aromatic N) is 3. The van der Waals surface area contributed by atoms with Crippen molar-refractivity contribution in [2.24, 2.45) is 0 Å². The van der Waals surface area contributed by atoms with Crippen LogP contribution in [-0.4, -0.2) is 20.8 Å². The summed E-state index contributed by atoms with van der Waals surface area (Å²) in [5.41, 5.74) is 3.66. The minimum absolute atomic E-state index is 0.137. The first-order valence-corrected chi connectivity index (χ1v) is 9.55. The van der Waals surface area contributed by atoms with Gasteiger partial charge in [0, 0.05) is 22.8 Å². The first kappa shape index (κ1) is 19.2. The fourth-order valence-corrected chi connectivity index (χ4v) is 3.37. The number of rotatable bonds is 5. The van der Waals surface area contributed by atoms with E-state index in [2.05, 4.69) is 28.6 Å². The Labute approximate surface area is 177 Å². The molecule has 1 amide bonds. The Bertz CT molecular complexity index is 1180. The lowest BCUT2D eigenvalue weighted by Gasteiger charge is -2.05. The van der Waals surface area contributed by atoms with Gasteiger partial charge in [-0.05, 0) is 36.2 Å². The molecule has 6 nitrogen and oxygen atoms in total. The molecule has 4 aromatic rings. The highest BCUT2D eigenvalue weighted by atomic mass is 35.5. The van der Waals surface area contributed by atoms with E-state index in [0.29, 0.717) is 33.6 Å². The molecule has 0 fully saturated rings. The molecule has 0 unspecified atom stereocenters. The van der Waals surface area contributed by atoms with E-state index in [1.54, 1.807) is 35.3 Å². The molecular weight excluding hydrogens is 411 g/mol. The van der Waals surface area contributed by atoms with Crippen LogP contribution in [0, 0.1) is 6.92 Å². The van der Waals surface area contributed by atoms with Gasteiger partial charge in [-0.15, -0.1) is 0 Å². The van der Waals surface area contributed by atoms with Gasteiger partial charge in [-0.1, -0.05) is 52.6 Å². The van der Waals surface area contributed by atoms with Crippen molar-refractivity contribution in [2.75, 3.05) is 5.32 Å². The molecule has 0 saturated carbocycles. The van der Waals surface area contributed by atoms with E-state index in [1.165, 1.54) is 11.6 Å². The molecule has 0 aliphatic carbocycles. The third-order valence-corrected chi connectivity index (χ3v) is 4.97. The predicted octanol–water partition coefficient (Wildman–Crippen LogP) is 5.45. The fraction of sp³-hybridized carbons (Fsp3) is 0.0952. The monoisotopic (exact) mass is 426 g/mol. The van der Waals surface area contributed by atoms with E-state index < -0.39 is 5.91 Å². The lowest BCUT2D eigenvalue weighted by Crippen LogP contribution is -2.11. The number of anilines is 1. The van der Waals surface area contributed by atoms with Crippen LogP contribution in [0.25, 0.3) is 11.3 Å². The number of carbonyl (C=O) groups excluding carboxylic acids is 1. The van der Waals surface area contributed by atoms with Crippen LogP contribution in [0.3, 0.4) is 0 Å². The zero-order valence-electron chi connectivity index (χ0n) is 15.4. The Hall–Kier alpha value is -3.09. The quantitative estimate of drug-likeness (QED) is 0.460. The van der Waals surface area contributed by atoms with E-state index in [4.69, 9.17) is 27.7 Å². The van der Waals surface area contributed by atoms with Crippen LogP contribution >= 0.6 is 23.2 Å². The first-order chi connectivity index (χ1) is 14.0. The predicted molar refractivity (Wildman–Crippen MR) is 112 cm³/mol. The maximum absolute atomic E-state index is 12.5. The van der Waals surface area contributed by atoms with Crippen molar-refractivity contribution in [1.29, 1.82) is 0 Å². The zero-order chi connectivity index (χ0) is 20.4. The topological polar surface area (TPSA) is 73.0 Å². The number of nitrogens with one attached hydrogen (secondary N) is 1. The second kappa shape index (κ2) is 8.11. The van der Waals surface area contributed by atoms with Crippen molar-refractivity contribution in [3.05, 3.63) is 87.8 Å². The minimum atomic E-state index is -0.402. The number of aromatic nitrogens is 3. The second-order valence-corrected chi connectivity index (χ2v) is 7.35. The van der Waals surface area contributed by atoms with Crippen LogP contribution in [0.2, 0.25) is 10.0 Å². The van der Waals surface area contributed by atoms with Gasteiger partial charge in [0.15, 0.2) is 11.5 Å². The lowest BCUT2D eigenvalue weighted by atomic mass is 10.1. The molecule has 8 heteroatoms. The fourth-order valence-electron chi connectivity index (χ4n) is 2.87. The van der Waals surface area contributed by atoms with E-state index in [-0.39, 0.29) is 5.69 Å². The van der Waals surface area contributed by atoms with Crippen molar-refractivity contribution < 1.29 is 9.32 Å². The first-order valence-electron chi connectivity index (χ1n) is 8.80. The summed E-state index contributed by atoms with van der Waals surface area (Å²) in [6, 6.07) is 14.6. The SMILES string of the molecule is Cc1ccccc1Cn1cc(NC(=O)c2cc(-c3ccc(Cl)cc3Cl)on2)cn1. The lowest BCUT2D eigenvalue weighted by molar-refractivity contribution is 0.101. The van der Waals surface area contributed by atoms with Gasteiger partial charge in [-0.2, -0.15) is 5.10 Å². The summed E-state index contributed by atoms with van der Waals surface area (Å²) >= 11 is 12.1. The summed E-state index contributed by atoms with van der Waals surface area (Å²) in [5, 5.41) is 11.8. The second-order valence-electron chi connectivity index (χ2n) is 6.51.